The van der Waals surface area contributed by atoms with E-state index in [0.29, 0.717) is 23.5 Å². The second-order valence-electron chi connectivity index (χ2n) is 6.38. The molecule has 2 aliphatic carbocycles. The number of hydrogen-bond acceptors (Lipinski definition) is 5. The van der Waals surface area contributed by atoms with Gasteiger partial charge in [-0.1, -0.05) is 34.7 Å². The summed E-state index contributed by atoms with van der Waals surface area (Å²) in [6.45, 7) is 3.85. The molecule has 142 valence electrons. The Hall–Kier alpha value is -1.86. The van der Waals surface area contributed by atoms with Crippen molar-refractivity contribution in [2.45, 2.75) is 16.7 Å². The molecule has 1 aromatic rings. The maximum Gasteiger partial charge on any atom is 0.175 e. The minimum atomic E-state index is -1.25. The third-order valence-corrected chi connectivity index (χ3v) is 7.13. The van der Waals surface area contributed by atoms with E-state index in [9.17, 15) is 14.7 Å². The Morgan fingerprint density at radius 2 is 2.00 bits per heavy atom. The number of benzene rings is 1. The SMILES string of the molecule is C=CC1=CC[C@H]2C(=O)C(Br)=CC(=O)[C@@]2(Br)[C@H]1c1c(O)cc(OC)cc1OC. The van der Waals surface area contributed by atoms with Gasteiger partial charge in [-0.3, -0.25) is 9.59 Å². The molecule has 0 spiro atoms. The van der Waals surface area contributed by atoms with Gasteiger partial charge in [0.05, 0.1) is 24.6 Å². The van der Waals surface area contributed by atoms with Crippen molar-refractivity contribution in [3.63, 3.8) is 0 Å². The van der Waals surface area contributed by atoms with Crippen molar-refractivity contribution in [2.24, 2.45) is 5.92 Å². The number of methoxy groups -OCH3 is 2. The van der Waals surface area contributed by atoms with E-state index in [-0.39, 0.29) is 21.8 Å². The number of hydrogen-bond donors (Lipinski definition) is 1. The van der Waals surface area contributed by atoms with Gasteiger partial charge >= 0.3 is 0 Å². The molecule has 1 N–H and O–H groups in total. The maximum atomic E-state index is 13.1. The smallest absolute Gasteiger partial charge is 0.175 e. The zero-order valence-corrected chi connectivity index (χ0v) is 18.0. The van der Waals surface area contributed by atoms with Gasteiger partial charge in [-0.15, -0.1) is 0 Å². The second-order valence-corrected chi connectivity index (χ2v) is 8.55. The standard InChI is InChI=1S/C20H18Br2O5/c1-4-10-5-6-12-19(25)13(21)9-16(24)20(12,22)18(10)17-14(23)7-11(26-2)8-15(17)27-3/h4-5,7-9,12,18,23H,1,6H2,2-3H3/t12-,18+,20+/m0/s1. The zero-order chi connectivity index (χ0) is 19.9. The summed E-state index contributed by atoms with van der Waals surface area (Å²) in [5, 5.41) is 10.7. The predicted octanol–water partition coefficient (Wildman–Crippen LogP) is 4.19. The van der Waals surface area contributed by atoms with Gasteiger partial charge in [-0.05, 0) is 27.9 Å². The fourth-order valence-electron chi connectivity index (χ4n) is 3.80. The summed E-state index contributed by atoms with van der Waals surface area (Å²) in [6.07, 6.45) is 5.19. The Morgan fingerprint density at radius 3 is 2.59 bits per heavy atom. The van der Waals surface area contributed by atoms with E-state index < -0.39 is 16.2 Å². The maximum absolute atomic E-state index is 13.1. The molecule has 0 bridgehead atoms. The molecule has 2 aliphatic rings. The van der Waals surface area contributed by atoms with Crippen LogP contribution >= 0.6 is 31.9 Å². The van der Waals surface area contributed by atoms with Gasteiger partial charge in [-0.25, -0.2) is 0 Å². The van der Waals surface area contributed by atoms with Gasteiger partial charge in [0.15, 0.2) is 11.6 Å². The molecule has 27 heavy (non-hydrogen) atoms. The Balaban J connectivity index is 2.31. The van der Waals surface area contributed by atoms with Crippen LogP contribution in [0.4, 0.5) is 0 Å². The van der Waals surface area contributed by atoms with Gasteiger partial charge in [0, 0.05) is 29.7 Å². The molecule has 0 aromatic heterocycles. The largest absolute Gasteiger partial charge is 0.507 e. The van der Waals surface area contributed by atoms with Crippen LogP contribution in [-0.2, 0) is 9.59 Å². The van der Waals surface area contributed by atoms with Crippen LogP contribution in [-0.4, -0.2) is 35.2 Å². The summed E-state index contributed by atoms with van der Waals surface area (Å²) in [5.74, 6) is -1.01. The van der Waals surface area contributed by atoms with Crippen LogP contribution in [0.5, 0.6) is 17.2 Å². The summed E-state index contributed by atoms with van der Waals surface area (Å²) < 4.78 is 9.68. The Labute approximate surface area is 174 Å². The molecule has 0 aliphatic heterocycles. The minimum Gasteiger partial charge on any atom is -0.507 e. The highest BCUT2D eigenvalue weighted by molar-refractivity contribution is 9.12. The fourth-order valence-corrected chi connectivity index (χ4v) is 5.29. The Morgan fingerprint density at radius 1 is 1.30 bits per heavy atom. The number of aromatic hydroxyl groups is 1. The van der Waals surface area contributed by atoms with Crippen LogP contribution in [0.1, 0.15) is 17.9 Å². The molecule has 3 rings (SSSR count). The monoisotopic (exact) mass is 496 g/mol. The predicted molar refractivity (Wildman–Crippen MR) is 109 cm³/mol. The van der Waals surface area contributed by atoms with Crippen molar-refractivity contribution in [3.05, 3.63) is 52.6 Å². The summed E-state index contributed by atoms with van der Waals surface area (Å²) in [7, 11) is 2.96. The first-order valence-corrected chi connectivity index (χ1v) is 9.80. The highest BCUT2D eigenvalue weighted by atomic mass is 79.9. The van der Waals surface area contributed by atoms with Crippen LogP contribution in [0.3, 0.4) is 0 Å². The van der Waals surface area contributed by atoms with E-state index in [1.807, 2.05) is 6.08 Å². The lowest BCUT2D eigenvalue weighted by molar-refractivity contribution is -0.127. The van der Waals surface area contributed by atoms with E-state index in [4.69, 9.17) is 9.47 Å². The number of phenolic OH excluding ortho intramolecular Hbond substituents is 1. The highest BCUT2D eigenvalue weighted by Crippen LogP contribution is 2.57. The minimum absolute atomic E-state index is 0.0858. The number of carbonyl (C=O) groups is 2. The number of fused-ring (bicyclic) bond motifs is 1. The number of alkyl halides is 1. The lowest BCUT2D eigenvalue weighted by Gasteiger charge is -2.45. The second kappa shape index (κ2) is 7.28. The van der Waals surface area contributed by atoms with Crippen molar-refractivity contribution < 1.29 is 24.2 Å². The lowest BCUT2D eigenvalue weighted by Crippen LogP contribution is -2.52. The molecule has 3 atom stereocenters. The molecular formula is C20H18Br2O5. The van der Waals surface area contributed by atoms with Gasteiger partial charge in [-0.2, -0.15) is 0 Å². The molecular weight excluding hydrogens is 480 g/mol. The highest BCUT2D eigenvalue weighted by Gasteiger charge is 2.57. The molecule has 0 heterocycles. The molecule has 7 heteroatoms. The number of rotatable bonds is 4. The van der Waals surface area contributed by atoms with Crippen LogP contribution in [0.2, 0.25) is 0 Å². The normalized spacial score (nSPS) is 27.4. The van der Waals surface area contributed by atoms with E-state index in [1.165, 1.54) is 26.4 Å². The Bertz CT molecular complexity index is 902. The number of allylic oxidation sites excluding steroid dienone is 5. The van der Waals surface area contributed by atoms with Crippen molar-refractivity contribution in [2.75, 3.05) is 14.2 Å². The first-order valence-electron chi connectivity index (χ1n) is 8.21. The van der Waals surface area contributed by atoms with E-state index in [2.05, 4.69) is 38.4 Å². The molecule has 0 radical (unpaired) electrons. The van der Waals surface area contributed by atoms with E-state index in [1.54, 1.807) is 12.1 Å². The quantitative estimate of drug-likeness (QED) is 0.631. The Kier molecular flexibility index (Phi) is 5.36. The van der Waals surface area contributed by atoms with Gasteiger partial charge in [0.1, 0.15) is 21.6 Å². The average Bonchev–Trinajstić information content (AvgIpc) is 2.65. The average molecular weight is 498 g/mol. The zero-order valence-electron chi connectivity index (χ0n) is 14.8. The number of phenols is 1. The molecule has 0 unspecified atom stereocenters. The first kappa shape index (κ1) is 19.9. The number of ketones is 2. The van der Waals surface area contributed by atoms with Crippen molar-refractivity contribution in [1.29, 1.82) is 0 Å². The molecule has 0 saturated carbocycles. The van der Waals surface area contributed by atoms with Gasteiger partial charge < -0.3 is 14.6 Å². The summed E-state index contributed by atoms with van der Waals surface area (Å²) in [6, 6.07) is 3.09. The van der Waals surface area contributed by atoms with Crippen LogP contribution in [0, 0.1) is 5.92 Å². The van der Waals surface area contributed by atoms with Gasteiger partial charge in [0.2, 0.25) is 0 Å². The number of ether oxygens (including phenoxy) is 2. The van der Waals surface area contributed by atoms with Crippen LogP contribution in [0.15, 0.2) is 47.0 Å². The number of carbonyl (C=O) groups excluding carboxylic acids is 2. The first-order chi connectivity index (χ1) is 12.8. The van der Waals surface area contributed by atoms with E-state index in [0.717, 1.165) is 5.57 Å². The van der Waals surface area contributed by atoms with Crippen molar-refractivity contribution >= 4 is 43.4 Å². The fraction of sp³-hybridized carbons (Fsp3) is 0.300. The van der Waals surface area contributed by atoms with Crippen LogP contribution < -0.4 is 9.47 Å². The third kappa shape index (κ3) is 2.97. The molecule has 5 nitrogen and oxygen atoms in total. The molecule has 1 aromatic carbocycles. The molecule has 0 amide bonds. The molecule has 0 fully saturated rings. The van der Waals surface area contributed by atoms with Crippen LogP contribution in [0.25, 0.3) is 0 Å². The summed E-state index contributed by atoms with van der Waals surface area (Å²) in [4.78, 5) is 25.8. The third-order valence-electron chi connectivity index (χ3n) is 5.11. The van der Waals surface area contributed by atoms with Gasteiger partial charge in [0.25, 0.3) is 0 Å². The van der Waals surface area contributed by atoms with Crippen molar-refractivity contribution in [3.8, 4) is 17.2 Å². The summed E-state index contributed by atoms with van der Waals surface area (Å²) >= 11 is 6.79. The lowest BCUT2D eigenvalue weighted by atomic mass is 9.63. The summed E-state index contributed by atoms with van der Waals surface area (Å²) in [5.41, 5.74) is 1.13. The number of halogens is 2. The topological polar surface area (TPSA) is 72.8 Å². The molecule has 0 saturated heterocycles. The number of Topliss-reactive ketones (excluding diaryl/α,β-unsaturated/α-hetero) is 1. The van der Waals surface area contributed by atoms with Crippen molar-refractivity contribution in [1.82, 2.24) is 0 Å². The van der Waals surface area contributed by atoms with E-state index >= 15 is 0 Å².